The first-order valence-corrected chi connectivity index (χ1v) is 3.45. The van der Waals surface area contributed by atoms with Crippen molar-refractivity contribution in [3.05, 3.63) is 24.0 Å². The maximum Gasteiger partial charge on any atom is 0.0740 e. The van der Waals surface area contributed by atoms with Crippen LogP contribution in [0.4, 0.5) is 0 Å². The molecule has 0 saturated carbocycles. The molecule has 1 rings (SSSR count). The van der Waals surface area contributed by atoms with Gasteiger partial charge in [-0.25, -0.2) is 0 Å². The van der Waals surface area contributed by atoms with E-state index in [4.69, 9.17) is 0 Å². The largest absolute Gasteiger partial charge is 0.341 e. The predicted octanol–water partition coefficient (Wildman–Crippen LogP) is 1.32. The second-order valence-electron chi connectivity index (χ2n) is 2.92. The van der Waals surface area contributed by atoms with Gasteiger partial charge in [0.05, 0.1) is 6.67 Å². The van der Waals surface area contributed by atoms with Gasteiger partial charge in [-0.05, 0) is 32.6 Å². The van der Waals surface area contributed by atoms with Crippen molar-refractivity contribution in [2.45, 2.75) is 13.6 Å². The summed E-state index contributed by atoms with van der Waals surface area (Å²) in [5, 5.41) is 0. The smallest absolute Gasteiger partial charge is 0.0740 e. The lowest BCUT2D eigenvalue weighted by atomic mass is 10.4. The van der Waals surface area contributed by atoms with Crippen LogP contribution in [-0.4, -0.2) is 23.6 Å². The molecule has 2 nitrogen and oxygen atoms in total. The van der Waals surface area contributed by atoms with E-state index in [2.05, 4.69) is 48.9 Å². The molecule has 0 aliphatic rings. The van der Waals surface area contributed by atoms with Gasteiger partial charge in [0, 0.05) is 12.4 Å². The van der Waals surface area contributed by atoms with Crippen LogP contribution in [0.1, 0.15) is 5.56 Å². The van der Waals surface area contributed by atoms with Gasteiger partial charge in [-0.2, -0.15) is 0 Å². The molecule has 0 aliphatic carbocycles. The van der Waals surface area contributed by atoms with Gasteiger partial charge in [0.2, 0.25) is 0 Å². The van der Waals surface area contributed by atoms with Crippen LogP contribution in [0.15, 0.2) is 18.5 Å². The third-order valence-electron chi connectivity index (χ3n) is 1.34. The van der Waals surface area contributed by atoms with Crippen LogP contribution in [0.5, 0.6) is 0 Å². The minimum absolute atomic E-state index is 0.966. The third-order valence-corrected chi connectivity index (χ3v) is 1.34. The van der Waals surface area contributed by atoms with Gasteiger partial charge in [-0.15, -0.1) is 0 Å². The van der Waals surface area contributed by atoms with Crippen LogP contribution in [0, 0.1) is 6.92 Å². The highest BCUT2D eigenvalue weighted by molar-refractivity contribution is 5.06. The second kappa shape index (κ2) is 2.88. The van der Waals surface area contributed by atoms with Crippen LogP contribution in [0.3, 0.4) is 0 Å². The standard InChI is InChI=1S/C8H14N2/c1-8-4-5-10(6-8)7-9(2)3/h4-6H,7H2,1-3H3. The van der Waals surface area contributed by atoms with Crippen molar-refractivity contribution in [3.63, 3.8) is 0 Å². The number of rotatable bonds is 2. The number of hydrogen-bond acceptors (Lipinski definition) is 1. The van der Waals surface area contributed by atoms with Gasteiger partial charge in [0.15, 0.2) is 0 Å². The zero-order chi connectivity index (χ0) is 7.56. The van der Waals surface area contributed by atoms with Crippen LogP contribution in [0.25, 0.3) is 0 Å². The first-order valence-electron chi connectivity index (χ1n) is 3.45. The molecule has 1 heterocycles. The Morgan fingerprint density at radius 2 is 2.20 bits per heavy atom. The van der Waals surface area contributed by atoms with Crippen molar-refractivity contribution in [2.75, 3.05) is 14.1 Å². The van der Waals surface area contributed by atoms with Crippen molar-refractivity contribution in [3.8, 4) is 0 Å². The van der Waals surface area contributed by atoms with Gasteiger partial charge in [-0.1, -0.05) is 0 Å². The maximum atomic E-state index is 2.16. The van der Waals surface area contributed by atoms with E-state index in [0.717, 1.165) is 6.67 Å². The molecule has 0 N–H and O–H groups in total. The Morgan fingerprint density at radius 3 is 2.60 bits per heavy atom. The molecule has 2 heteroatoms. The Morgan fingerprint density at radius 1 is 1.50 bits per heavy atom. The van der Waals surface area contributed by atoms with E-state index in [-0.39, 0.29) is 0 Å². The molecule has 0 aromatic carbocycles. The Labute approximate surface area is 62.1 Å². The van der Waals surface area contributed by atoms with Crippen LogP contribution < -0.4 is 0 Å². The van der Waals surface area contributed by atoms with E-state index >= 15 is 0 Å². The normalized spacial score (nSPS) is 10.8. The predicted molar refractivity (Wildman–Crippen MR) is 42.9 cm³/mol. The summed E-state index contributed by atoms with van der Waals surface area (Å²) in [5.41, 5.74) is 1.32. The zero-order valence-corrected chi connectivity index (χ0v) is 6.83. The zero-order valence-electron chi connectivity index (χ0n) is 6.83. The SMILES string of the molecule is Cc1ccn(CN(C)C)c1. The van der Waals surface area contributed by atoms with Crippen molar-refractivity contribution < 1.29 is 0 Å². The molecule has 0 saturated heterocycles. The van der Waals surface area contributed by atoms with Crippen molar-refractivity contribution in [1.29, 1.82) is 0 Å². The first-order chi connectivity index (χ1) is 4.68. The van der Waals surface area contributed by atoms with E-state index in [0.29, 0.717) is 0 Å². The number of hydrogen-bond donors (Lipinski definition) is 0. The summed E-state index contributed by atoms with van der Waals surface area (Å²) in [6, 6.07) is 2.11. The molecule has 10 heavy (non-hydrogen) atoms. The summed E-state index contributed by atoms with van der Waals surface area (Å²) in [4.78, 5) is 2.14. The third kappa shape index (κ3) is 1.88. The summed E-state index contributed by atoms with van der Waals surface area (Å²) < 4.78 is 2.16. The Balaban J connectivity index is 2.58. The topological polar surface area (TPSA) is 8.17 Å². The van der Waals surface area contributed by atoms with Crippen LogP contribution in [0.2, 0.25) is 0 Å². The molecule has 0 amide bonds. The summed E-state index contributed by atoms with van der Waals surface area (Å²) in [7, 11) is 4.13. The molecule has 0 aliphatic heterocycles. The highest BCUT2D eigenvalue weighted by Crippen LogP contribution is 1.98. The Hall–Kier alpha value is -0.760. The van der Waals surface area contributed by atoms with E-state index in [9.17, 15) is 0 Å². The maximum absolute atomic E-state index is 2.16. The molecule has 0 atom stereocenters. The van der Waals surface area contributed by atoms with E-state index < -0.39 is 0 Å². The highest BCUT2D eigenvalue weighted by atomic mass is 15.2. The molecule has 1 aromatic rings. The number of aromatic nitrogens is 1. The lowest BCUT2D eigenvalue weighted by molar-refractivity contribution is 0.327. The van der Waals surface area contributed by atoms with Gasteiger partial charge >= 0.3 is 0 Å². The molecular weight excluding hydrogens is 124 g/mol. The van der Waals surface area contributed by atoms with Crippen LogP contribution in [-0.2, 0) is 6.67 Å². The summed E-state index contributed by atoms with van der Waals surface area (Å²) in [5.74, 6) is 0. The summed E-state index contributed by atoms with van der Waals surface area (Å²) >= 11 is 0. The van der Waals surface area contributed by atoms with Crippen LogP contribution >= 0.6 is 0 Å². The van der Waals surface area contributed by atoms with Gasteiger partial charge in [-0.3, -0.25) is 4.90 Å². The quantitative estimate of drug-likeness (QED) is 0.598. The molecule has 1 aromatic heterocycles. The number of aryl methyl sites for hydroxylation is 1. The van der Waals surface area contributed by atoms with E-state index in [1.54, 1.807) is 0 Å². The van der Waals surface area contributed by atoms with Crippen molar-refractivity contribution in [1.82, 2.24) is 9.47 Å². The molecule has 0 unspecified atom stereocenters. The minimum atomic E-state index is 0.966. The number of nitrogens with zero attached hydrogens (tertiary/aromatic N) is 2. The molecule has 0 fully saturated rings. The summed E-state index contributed by atoms with van der Waals surface area (Å²) in [6.45, 7) is 3.07. The molecule has 0 bridgehead atoms. The lowest BCUT2D eigenvalue weighted by Crippen LogP contribution is -2.15. The second-order valence-corrected chi connectivity index (χ2v) is 2.92. The van der Waals surface area contributed by atoms with Gasteiger partial charge in [0.1, 0.15) is 0 Å². The minimum Gasteiger partial charge on any atom is -0.341 e. The summed E-state index contributed by atoms with van der Waals surface area (Å²) in [6.07, 6.45) is 4.23. The molecule has 56 valence electrons. The van der Waals surface area contributed by atoms with Crippen molar-refractivity contribution >= 4 is 0 Å². The monoisotopic (exact) mass is 138 g/mol. The lowest BCUT2D eigenvalue weighted by Gasteiger charge is -2.09. The fourth-order valence-electron chi connectivity index (χ4n) is 0.975. The molecule has 0 spiro atoms. The average molecular weight is 138 g/mol. The van der Waals surface area contributed by atoms with Gasteiger partial charge < -0.3 is 4.57 Å². The van der Waals surface area contributed by atoms with Crippen molar-refractivity contribution in [2.24, 2.45) is 0 Å². The highest BCUT2D eigenvalue weighted by Gasteiger charge is 1.91. The van der Waals surface area contributed by atoms with Gasteiger partial charge in [0.25, 0.3) is 0 Å². The molecule has 0 radical (unpaired) electrons. The fourth-order valence-corrected chi connectivity index (χ4v) is 0.975. The average Bonchev–Trinajstić information content (AvgIpc) is 2.13. The van der Waals surface area contributed by atoms with E-state index in [1.807, 2.05) is 0 Å². The molecular formula is C8H14N2. The first kappa shape index (κ1) is 7.35. The Bertz CT molecular complexity index is 201. The Kier molecular flexibility index (Phi) is 2.12. The fraction of sp³-hybridized carbons (Fsp3) is 0.500. The van der Waals surface area contributed by atoms with E-state index in [1.165, 1.54) is 5.56 Å².